The fraction of sp³-hybridized carbons (Fsp3) is 0.900. The van der Waals surface area contributed by atoms with E-state index in [0.29, 0.717) is 26.2 Å². The normalized spacial score (nSPS) is 23.2. The summed E-state index contributed by atoms with van der Waals surface area (Å²) >= 11 is 0. The molecular formula is C10H20N4O3S. The van der Waals surface area contributed by atoms with E-state index in [9.17, 15) is 13.2 Å². The zero-order valence-corrected chi connectivity index (χ0v) is 11.6. The Morgan fingerprint density at radius 2 is 1.72 bits per heavy atom. The maximum atomic E-state index is 12.0. The largest absolute Gasteiger partial charge is 0.340 e. The van der Waals surface area contributed by atoms with Crippen LogP contribution in [0.3, 0.4) is 0 Å². The van der Waals surface area contributed by atoms with Crippen molar-refractivity contribution in [3.8, 4) is 0 Å². The lowest BCUT2D eigenvalue weighted by atomic mass is 10.0. The van der Waals surface area contributed by atoms with Gasteiger partial charge in [-0.05, 0) is 0 Å². The second-order valence-corrected chi connectivity index (χ2v) is 7.01. The van der Waals surface area contributed by atoms with Crippen molar-refractivity contribution in [3.63, 3.8) is 0 Å². The van der Waals surface area contributed by atoms with Crippen LogP contribution in [0.5, 0.6) is 0 Å². The SMILES string of the molecule is CN(C)S(=O)(=O)N1CCN(C(=O)C2CNC2)CC1. The van der Waals surface area contributed by atoms with E-state index in [0.717, 1.165) is 13.1 Å². The first-order valence-corrected chi connectivity index (χ1v) is 7.49. The van der Waals surface area contributed by atoms with E-state index in [2.05, 4.69) is 5.32 Å². The van der Waals surface area contributed by atoms with Crippen LogP contribution in [0.1, 0.15) is 0 Å². The van der Waals surface area contributed by atoms with Gasteiger partial charge in [-0.1, -0.05) is 0 Å². The maximum absolute atomic E-state index is 12.0. The molecular weight excluding hydrogens is 256 g/mol. The van der Waals surface area contributed by atoms with Crippen LogP contribution < -0.4 is 5.32 Å². The minimum atomic E-state index is -3.34. The number of hydrogen-bond acceptors (Lipinski definition) is 4. The Bertz CT molecular complexity index is 411. The van der Waals surface area contributed by atoms with E-state index >= 15 is 0 Å². The molecule has 18 heavy (non-hydrogen) atoms. The van der Waals surface area contributed by atoms with E-state index < -0.39 is 10.2 Å². The predicted molar refractivity (Wildman–Crippen MR) is 67.1 cm³/mol. The lowest BCUT2D eigenvalue weighted by Crippen LogP contribution is -2.58. The molecule has 0 aromatic heterocycles. The van der Waals surface area contributed by atoms with Crippen molar-refractivity contribution in [1.29, 1.82) is 0 Å². The van der Waals surface area contributed by atoms with Crippen LogP contribution in [0.25, 0.3) is 0 Å². The molecule has 0 radical (unpaired) electrons. The number of carbonyl (C=O) groups is 1. The summed E-state index contributed by atoms with van der Waals surface area (Å²) in [6.45, 7) is 3.23. The van der Waals surface area contributed by atoms with Gasteiger partial charge in [0.2, 0.25) is 5.91 Å². The predicted octanol–water partition coefficient (Wildman–Crippen LogP) is -1.84. The summed E-state index contributed by atoms with van der Waals surface area (Å²) in [6.07, 6.45) is 0. The first kappa shape index (κ1) is 13.7. The van der Waals surface area contributed by atoms with E-state index in [4.69, 9.17) is 0 Å². The van der Waals surface area contributed by atoms with E-state index in [1.54, 1.807) is 4.90 Å². The number of piperazine rings is 1. The van der Waals surface area contributed by atoms with Crippen LogP contribution in [-0.4, -0.2) is 81.2 Å². The van der Waals surface area contributed by atoms with Crippen LogP contribution in [-0.2, 0) is 15.0 Å². The van der Waals surface area contributed by atoms with Gasteiger partial charge in [0.25, 0.3) is 10.2 Å². The second kappa shape index (κ2) is 5.12. The molecule has 2 fully saturated rings. The number of nitrogens with one attached hydrogen (secondary N) is 1. The van der Waals surface area contributed by atoms with E-state index in [-0.39, 0.29) is 11.8 Å². The molecule has 2 saturated heterocycles. The molecule has 0 aromatic carbocycles. The standard InChI is InChI=1S/C10H20N4O3S/c1-12(2)18(16,17)14-5-3-13(4-6-14)10(15)9-7-11-8-9/h9,11H,3-8H2,1-2H3. The first-order valence-electron chi connectivity index (χ1n) is 6.10. The number of rotatable bonds is 3. The van der Waals surface area contributed by atoms with E-state index in [1.807, 2.05) is 0 Å². The highest BCUT2D eigenvalue weighted by atomic mass is 32.2. The van der Waals surface area contributed by atoms with Crippen LogP contribution >= 0.6 is 0 Å². The van der Waals surface area contributed by atoms with Crippen LogP contribution in [0.15, 0.2) is 0 Å². The molecule has 2 aliphatic heterocycles. The molecule has 8 heteroatoms. The van der Waals surface area contributed by atoms with E-state index in [1.165, 1.54) is 22.7 Å². The molecule has 0 aromatic rings. The molecule has 2 aliphatic rings. The Morgan fingerprint density at radius 3 is 2.11 bits per heavy atom. The van der Waals surface area contributed by atoms with Crippen molar-refractivity contribution in [3.05, 3.63) is 0 Å². The van der Waals surface area contributed by atoms with Gasteiger partial charge in [0.15, 0.2) is 0 Å². The summed E-state index contributed by atoms with van der Waals surface area (Å²) in [5, 5.41) is 3.07. The van der Waals surface area contributed by atoms with Crippen molar-refractivity contribution in [2.75, 3.05) is 53.4 Å². The molecule has 2 rings (SSSR count). The highest BCUT2D eigenvalue weighted by Gasteiger charge is 2.34. The van der Waals surface area contributed by atoms with Gasteiger partial charge in [0.05, 0.1) is 5.92 Å². The summed E-state index contributed by atoms with van der Waals surface area (Å²) < 4.78 is 26.4. The van der Waals surface area contributed by atoms with Gasteiger partial charge in [0, 0.05) is 53.4 Å². The molecule has 1 N–H and O–H groups in total. The molecule has 0 saturated carbocycles. The van der Waals surface area contributed by atoms with Gasteiger partial charge in [-0.25, -0.2) is 0 Å². The minimum absolute atomic E-state index is 0.0852. The molecule has 1 amide bonds. The van der Waals surface area contributed by atoms with Gasteiger partial charge < -0.3 is 10.2 Å². The third-order valence-electron chi connectivity index (χ3n) is 3.47. The lowest BCUT2D eigenvalue weighted by Gasteiger charge is -2.38. The van der Waals surface area contributed by atoms with Crippen molar-refractivity contribution < 1.29 is 13.2 Å². The molecule has 104 valence electrons. The van der Waals surface area contributed by atoms with Gasteiger partial charge in [-0.3, -0.25) is 4.79 Å². The number of hydrogen-bond donors (Lipinski definition) is 1. The minimum Gasteiger partial charge on any atom is -0.340 e. The fourth-order valence-electron chi connectivity index (χ4n) is 2.09. The topological polar surface area (TPSA) is 73.0 Å². The summed E-state index contributed by atoms with van der Waals surface area (Å²) in [4.78, 5) is 13.7. The first-order chi connectivity index (χ1) is 8.43. The molecule has 0 atom stereocenters. The van der Waals surface area contributed by atoms with Gasteiger partial charge in [-0.2, -0.15) is 17.0 Å². The number of amides is 1. The monoisotopic (exact) mass is 276 g/mol. The van der Waals surface area contributed by atoms with Crippen LogP contribution in [0.4, 0.5) is 0 Å². The molecule has 0 unspecified atom stereocenters. The fourth-order valence-corrected chi connectivity index (χ4v) is 3.18. The smallest absolute Gasteiger partial charge is 0.281 e. The molecule has 7 nitrogen and oxygen atoms in total. The molecule has 0 aliphatic carbocycles. The van der Waals surface area contributed by atoms with Crippen LogP contribution in [0.2, 0.25) is 0 Å². The Morgan fingerprint density at radius 1 is 1.17 bits per heavy atom. The number of nitrogens with zero attached hydrogens (tertiary/aromatic N) is 3. The van der Waals surface area contributed by atoms with Crippen molar-refractivity contribution in [2.45, 2.75) is 0 Å². The third kappa shape index (κ3) is 2.51. The zero-order valence-electron chi connectivity index (χ0n) is 10.8. The molecule has 0 bridgehead atoms. The van der Waals surface area contributed by atoms with Gasteiger partial charge >= 0.3 is 0 Å². The second-order valence-electron chi connectivity index (χ2n) is 4.87. The summed E-state index contributed by atoms with van der Waals surface area (Å²) in [6, 6.07) is 0. The molecule has 0 spiro atoms. The highest BCUT2D eigenvalue weighted by Crippen LogP contribution is 2.13. The Labute approximate surface area is 108 Å². The van der Waals surface area contributed by atoms with Crippen molar-refractivity contribution >= 4 is 16.1 Å². The highest BCUT2D eigenvalue weighted by molar-refractivity contribution is 7.86. The van der Waals surface area contributed by atoms with Crippen molar-refractivity contribution in [1.82, 2.24) is 18.8 Å². The summed E-state index contributed by atoms with van der Waals surface area (Å²) in [5.41, 5.74) is 0. The Balaban J connectivity index is 1.90. The van der Waals surface area contributed by atoms with Gasteiger partial charge in [0.1, 0.15) is 0 Å². The van der Waals surface area contributed by atoms with Crippen molar-refractivity contribution in [2.24, 2.45) is 5.92 Å². The average Bonchev–Trinajstić information content (AvgIpc) is 2.26. The summed E-state index contributed by atoms with van der Waals surface area (Å²) in [5.74, 6) is 0.234. The molecule has 2 heterocycles. The number of carbonyl (C=O) groups excluding carboxylic acids is 1. The van der Waals surface area contributed by atoms with Crippen LogP contribution in [0, 0.1) is 5.92 Å². The Hall–Kier alpha value is -0.700. The quantitative estimate of drug-likeness (QED) is 0.657. The average molecular weight is 276 g/mol. The third-order valence-corrected chi connectivity index (χ3v) is 5.41. The Kier molecular flexibility index (Phi) is 3.90. The van der Waals surface area contributed by atoms with Gasteiger partial charge in [-0.15, -0.1) is 0 Å². The lowest BCUT2D eigenvalue weighted by molar-refractivity contribution is -0.138. The zero-order chi connectivity index (χ0) is 13.3. The maximum Gasteiger partial charge on any atom is 0.281 e. The summed E-state index contributed by atoms with van der Waals surface area (Å²) in [7, 11) is -0.303.